The van der Waals surface area contributed by atoms with Crippen molar-refractivity contribution in [3.8, 4) is 0 Å². The Morgan fingerprint density at radius 1 is 1.64 bits per heavy atom. The van der Waals surface area contributed by atoms with Gasteiger partial charge in [-0.25, -0.2) is 0 Å². The van der Waals surface area contributed by atoms with Crippen molar-refractivity contribution in [2.24, 2.45) is 0 Å². The van der Waals surface area contributed by atoms with Gasteiger partial charge in [0.25, 0.3) is 0 Å². The molecule has 1 fully saturated rings. The first-order chi connectivity index (χ1) is 6.83. The number of ether oxygens (including phenoxy) is 1. The highest BCUT2D eigenvalue weighted by molar-refractivity contribution is 7.99. The number of rotatable bonds is 6. The van der Waals surface area contributed by atoms with E-state index >= 15 is 0 Å². The number of aliphatic hydroxyl groups is 1. The molecule has 0 bridgehead atoms. The van der Waals surface area contributed by atoms with Crippen LogP contribution in [0.4, 0.5) is 0 Å². The predicted octanol–water partition coefficient (Wildman–Crippen LogP) is 0.869. The summed E-state index contributed by atoms with van der Waals surface area (Å²) < 4.78 is 4.86. The molecule has 0 saturated carbocycles. The number of thioether (sulfide) groups is 1. The fraction of sp³-hybridized carbons (Fsp3) is 1.00. The quantitative estimate of drug-likeness (QED) is 0.695. The van der Waals surface area contributed by atoms with Crippen molar-refractivity contribution in [1.29, 1.82) is 0 Å². The molecule has 1 aliphatic heterocycles. The Kier molecular flexibility index (Phi) is 6.60. The van der Waals surface area contributed by atoms with Crippen molar-refractivity contribution in [2.75, 3.05) is 31.8 Å². The Hall–Kier alpha value is 0.230. The minimum atomic E-state index is -0.316. The second-order valence-corrected chi connectivity index (χ2v) is 4.92. The van der Waals surface area contributed by atoms with Crippen molar-refractivity contribution in [1.82, 2.24) is 5.32 Å². The number of nitrogens with one attached hydrogen (secondary N) is 1. The normalized spacial score (nSPS) is 24.9. The second-order valence-electron chi connectivity index (χ2n) is 3.77. The third kappa shape index (κ3) is 5.20. The van der Waals surface area contributed by atoms with Crippen LogP contribution in [0.25, 0.3) is 0 Å². The molecule has 0 spiro atoms. The molecule has 0 aliphatic carbocycles. The van der Waals surface area contributed by atoms with E-state index in [0.717, 1.165) is 13.0 Å². The van der Waals surface area contributed by atoms with Crippen LogP contribution in [0, 0.1) is 0 Å². The van der Waals surface area contributed by atoms with E-state index < -0.39 is 0 Å². The number of hydrogen-bond donors (Lipinski definition) is 2. The van der Waals surface area contributed by atoms with Gasteiger partial charge < -0.3 is 15.2 Å². The Labute approximate surface area is 90.6 Å². The molecule has 2 N–H and O–H groups in total. The highest BCUT2D eigenvalue weighted by Crippen LogP contribution is 2.16. The molecule has 0 aromatic heterocycles. The molecule has 0 radical (unpaired) electrons. The molecule has 3 nitrogen and oxygen atoms in total. The Balaban J connectivity index is 1.96. The van der Waals surface area contributed by atoms with Gasteiger partial charge >= 0.3 is 0 Å². The zero-order valence-electron chi connectivity index (χ0n) is 8.87. The maximum Gasteiger partial charge on any atom is 0.0785 e. The van der Waals surface area contributed by atoms with Gasteiger partial charge in [-0.15, -0.1) is 0 Å². The summed E-state index contributed by atoms with van der Waals surface area (Å²) in [6.45, 7) is 1.34. The largest absolute Gasteiger partial charge is 0.391 e. The van der Waals surface area contributed by atoms with E-state index in [4.69, 9.17) is 4.74 Å². The number of methoxy groups -OCH3 is 1. The van der Waals surface area contributed by atoms with Gasteiger partial charge in [-0.2, -0.15) is 11.8 Å². The molecule has 0 aromatic carbocycles. The monoisotopic (exact) mass is 219 g/mol. The summed E-state index contributed by atoms with van der Waals surface area (Å²) in [5, 5.41) is 12.9. The van der Waals surface area contributed by atoms with Crippen LogP contribution in [-0.2, 0) is 4.74 Å². The van der Waals surface area contributed by atoms with Gasteiger partial charge in [0.2, 0.25) is 0 Å². The Morgan fingerprint density at radius 3 is 3.14 bits per heavy atom. The first-order valence-electron chi connectivity index (χ1n) is 5.31. The average molecular weight is 219 g/mol. The van der Waals surface area contributed by atoms with E-state index in [1.165, 1.54) is 24.3 Å². The van der Waals surface area contributed by atoms with Crippen molar-refractivity contribution < 1.29 is 9.84 Å². The second kappa shape index (κ2) is 7.51. The maximum absolute atomic E-state index is 9.41. The molecule has 4 heteroatoms. The SMILES string of the molecule is COCC(O)CCNC1CCCSC1. The molecule has 1 aliphatic rings. The minimum absolute atomic E-state index is 0.316. The van der Waals surface area contributed by atoms with Crippen LogP contribution in [0.2, 0.25) is 0 Å². The first-order valence-corrected chi connectivity index (χ1v) is 6.46. The molecule has 1 saturated heterocycles. The van der Waals surface area contributed by atoms with Crippen molar-refractivity contribution >= 4 is 11.8 Å². The van der Waals surface area contributed by atoms with Gasteiger partial charge in [0.05, 0.1) is 12.7 Å². The fourth-order valence-electron chi connectivity index (χ4n) is 1.63. The molecule has 2 atom stereocenters. The molecule has 1 rings (SSSR count). The molecule has 84 valence electrons. The van der Waals surface area contributed by atoms with Crippen LogP contribution in [0.5, 0.6) is 0 Å². The molecule has 0 amide bonds. The molecule has 14 heavy (non-hydrogen) atoms. The Bertz CT molecular complexity index is 140. The van der Waals surface area contributed by atoms with Crippen LogP contribution < -0.4 is 5.32 Å². The third-order valence-electron chi connectivity index (χ3n) is 2.43. The van der Waals surface area contributed by atoms with Gasteiger partial charge in [0, 0.05) is 18.9 Å². The van der Waals surface area contributed by atoms with Gasteiger partial charge in [-0.05, 0) is 31.6 Å². The van der Waals surface area contributed by atoms with E-state index in [0.29, 0.717) is 12.6 Å². The van der Waals surface area contributed by atoms with E-state index in [-0.39, 0.29) is 6.10 Å². The van der Waals surface area contributed by atoms with Gasteiger partial charge in [-0.3, -0.25) is 0 Å². The zero-order chi connectivity index (χ0) is 10.2. The summed E-state index contributed by atoms with van der Waals surface area (Å²) in [6, 6.07) is 0.656. The zero-order valence-corrected chi connectivity index (χ0v) is 9.68. The van der Waals surface area contributed by atoms with Gasteiger partial charge in [0.1, 0.15) is 0 Å². The van der Waals surface area contributed by atoms with Gasteiger partial charge in [0.15, 0.2) is 0 Å². The van der Waals surface area contributed by atoms with E-state index in [2.05, 4.69) is 5.32 Å². The summed E-state index contributed by atoms with van der Waals surface area (Å²) in [6.07, 6.45) is 3.08. The van der Waals surface area contributed by atoms with Crippen LogP contribution in [-0.4, -0.2) is 49.0 Å². The van der Waals surface area contributed by atoms with Crippen LogP contribution in [0.15, 0.2) is 0 Å². The lowest BCUT2D eigenvalue weighted by Crippen LogP contribution is -2.36. The standard InChI is InChI=1S/C10H21NO2S/c1-13-7-10(12)4-5-11-9-3-2-6-14-8-9/h9-12H,2-8H2,1H3. The average Bonchev–Trinajstić information content (AvgIpc) is 2.20. The summed E-state index contributed by atoms with van der Waals surface area (Å²) in [5.74, 6) is 2.53. The lowest BCUT2D eigenvalue weighted by atomic mass is 10.2. The van der Waals surface area contributed by atoms with Crippen molar-refractivity contribution in [3.63, 3.8) is 0 Å². The number of hydrogen-bond acceptors (Lipinski definition) is 4. The maximum atomic E-state index is 9.41. The lowest BCUT2D eigenvalue weighted by molar-refractivity contribution is 0.0590. The lowest BCUT2D eigenvalue weighted by Gasteiger charge is -2.23. The molecular formula is C10H21NO2S. The van der Waals surface area contributed by atoms with E-state index in [1.54, 1.807) is 7.11 Å². The number of aliphatic hydroxyl groups excluding tert-OH is 1. The van der Waals surface area contributed by atoms with E-state index in [9.17, 15) is 5.11 Å². The highest BCUT2D eigenvalue weighted by Gasteiger charge is 2.13. The Morgan fingerprint density at radius 2 is 2.50 bits per heavy atom. The topological polar surface area (TPSA) is 41.5 Å². The van der Waals surface area contributed by atoms with Crippen LogP contribution >= 0.6 is 11.8 Å². The molecule has 2 unspecified atom stereocenters. The summed E-state index contributed by atoms with van der Waals surface area (Å²) in [7, 11) is 1.62. The molecule has 0 aromatic rings. The van der Waals surface area contributed by atoms with Crippen LogP contribution in [0.3, 0.4) is 0 Å². The summed E-state index contributed by atoms with van der Waals surface area (Å²) >= 11 is 2.02. The smallest absolute Gasteiger partial charge is 0.0785 e. The first kappa shape index (κ1) is 12.3. The van der Waals surface area contributed by atoms with E-state index in [1.807, 2.05) is 11.8 Å². The predicted molar refractivity (Wildman–Crippen MR) is 60.8 cm³/mol. The summed E-state index contributed by atoms with van der Waals surface area (Å²) in [5.41, 5.74) is 0. The minimum Gasteiger partial charge on any atom is -0.391 e. The third-order valence-corrected chi connectivity index (χ3v) is 3.65. The fourth-order valence-corrected chi connectivity index (χ4v) is 2.74. The van der Waals surface area contributed by atoms with Crippen molar-refractivity contribution in [2.45, 2.75) is 31.4 Å². The van der Waals surface area contributed by atoms with Gasteiger partial charge in [-0.1, -0.05) is 0 Å². The van der Waals surface area contributed by atoms with Crippen LogP contribution in [0.1, 0.15) is 19.3 Å². The molecular weight excluding hydrogens is 198 g/mol. The highest BCUT2D eigenvalue weighted by atomic mass is 32.2. The molecule has 1 heterocycles. The summed E-state index contributed by atoms with van der Waals surface area (Å²) in [4.78, 5) is 0. The van der Waals surface area contributed by atoms with Crippen molar-refractivity contribution in [3.05, 3.63) is 0 Å².